The van der Waals surface area contributed by atoms with E-state index in [4.69, 9.17) is 9.84 Å². The van der Waals surface area contributed by atoms with Gasteiger partial charge in [0.25, 0.3) is 0 Å². The Kier molecular flexibility index (Phi) is 4.16. The summed E-state index contributed by atoms with van der Waals surface area (Å²) < 4.78 is 5.43. The Hall–Kier alpha value is -1.51. The molecular weight excluding hydrogens is 192 g/mol. The third-order valence-corrected chi connectivity index (χ3v) is 2.28. The van der Waals surface area contributed by atoms with Crippen LogP contribution in [0.2, 0.25) is 0 Å². The van der Waals surface area contributed by atoms with Crippen LogP contribution in [0.4, 0.5) is 0 Å². The quantitative estimate of drug-likeness (QED) is 0.756. The lowest BCUT2D eigenvalue weighted by Gasteiger charge is -2.07. The number of aliphatic carboxylic acids is 1. The number of hydrogen-bond acceptors (Lipinski definition) is 2. The maximum absolute atomic E-state index is 10.3. The van der Waals surface area contributed by atoms with E-state index in [-0.39, 0.29) is 6.42 Å². The molecule has 1 aromatic rings. The van der Waals surface area contributed by atoms with Crippen molar-refractivity contribution in [2.75, 3.05) is 6.61 Å². The van der Waals surface area contributed by atoms with E-state index in [9.17, 15) is 4.79 Å². The molecule has 0 amide bonds. The monoisotopic (exact) mass is 208 g/mol. The zero-order chi connectivity index (χ0) is 11.3. The lowest BCUT2D eigenvalue weighted by molar-refractivity contribution is -0.137. The third kappa shape index (κ3) is 4.02. The number of rotatable bonds is 5. The molecule has 82 valence electrons. The smallest absolute Gasteiger partial charge is 0.303 e. The van der Waals surface area contributed by atoms with Gasteiger partial charge in [0.2, 0.25) is 0 Å². The van der Waals surface area contributed by atoms with Gasteiger partial charge in [-0.3, -0.25) is 4.79 Å². The van der Waals surface area contributed by atoms with E-state index >= 15 is 0 Å². The Morgan fingerprint density at radius 1 is 1.33 bits per heavy atom. The zero-order valence-electron chi connectivity index (χ0n) is 9.12. The van der Waals surface area contributed by atoms with Crippen molar-refractivity contribution in [3.63, 3.8) is 0 Å². The Balaban J connectivity index is 2.38. The van der Waals surface area contributed by atoms with Crippen molar-refractivity contribution in [1.82, 2.24) is 0 Å². The lowest BCUT2D eigenvalue weighted by atomic mass is 10.1. The van der Waals surface area contributed by atoms with Gasteiger partial charge in [0.1, 0.15) is 5.75 Å². The third-order valence-electron chi connectivity index (χ3n) is 2.28. The number of ether oxygens (including phenoxy) is 1. The van der Waals surface area contributed by atoms with Crippen molar-refractivity contribution < 1.29 is 14.6 Å². The maximum atomic E-state index is 10.3. The highest BCUT2D eigenvalue weighted by Gasteiger charge is 1.99. The fraction of sp³-hybridized carbons (Fsp3) is 0.417. The normalized spacial score (nSPS) is 10.0. The minimum Gasteiger partial charge on any atom is -0.494 e. The number of carboxylic acid groups (broad SMARTS) is 1. The van der Waals surface area contributed by atoms with E-state index in [0.717, 1.165) is 5.75 Å². The molecule has 0 fully saturated rings. The minimum absolute atomic E-state index is 0.158. The van der Waals surface area contributed by atoms with Crippen LogP contribution < -0.4 is 4.74 Å². The van der Waals surface area contributed by atoms with Gasteiger partial charge >= 0.3 is 5.97 Å². The molecule has 0 aliphatic rings. The Morgan fingerprint density at radius 3 is 2.67 bits per heavy atom. The second-order valence-corrected chi connectivity index (χ2v) is 3.59. The fourth-order valence-corrected chi connectivity index (χ4v) is 1.22. The molecule has 1 rings (SSSR count). The summed E-state index contributed by atoms with van der Waals surface area (Å²) in [7, 11) is 0. The van der Waals surface area contributed by atoms with Crippen molar-refractivity contribution >= 4 is 5.97 Å². The van der Waals surface area contributed by atoms with Gasteiger partial charge in [0.15, 0.2) is 0 Å². The summed E-state index contributed by atoms with van der Waals surface area (Å²) in [5, 5.41) is 8.44. The summed E-state index contributed by atoms with van der Waals surface area (Å²) in [5.41, 5.74) is 2.42. The zero-order valence-corrected chi connectivity index (χ0v) is 9.12. The standard InChI is InChI=1S/C12H16O3/c1-9-5-6-11(8-10(9)2)15-7-3-4-12(13)14/h5-6,8H,3-4,7H2,1-2H3,(H,13,14). The van der Waals surface area contributed by atoms with Crippen LogP contribution >= 0.6 is 0 Å². The van der Waals surface area contributed by atoms with Gasteiger partial charge in [-0.15, -0.1) is 0 Å². The van der Waals surface area contributed by atoms with Crippen LogP contribution in [0.1, 0.15) is 24.0 Å². The summed E-state index contributed by atoms with van der Waals surface area (Å²) in [6.07, 6.45) is 0.701. The second-order valence-electron chi connectivity index (χ2n) is 3.59. The number of aryl methyl sites for hydroxylation is 2. The molecule has 3 heteroatoms. The summed E-state index contributed by atoms with van der Waals surface area (Å²) in [6, 6.07) is 5.88. The van der Waals surface area contributed by atoms with Crippen LogP contribution in [-0.4, -0.2) is 17.7 Å². The van der Waals surface area contributed by atoms with Gasteiger partial charge in [-0.05, 0) is 43.5 Å². The number of hydrogen-bond donors (Lipinski definition) is 1. The molecule has 15 heavy (non-hydrogen) atoms. The highest BCUT2D eigenvalue weighted by Crippen LogP contribution is 2.16. The first-order chi connectivity index (χ1) is 7.09. The highest BCUT2D eigenvalue weighted by molar-refractivity contribution is 5.66. The van der Waals surface area contributed by atoms with Crippen molar-refractivity contribution in [2.24, 2.45) is 0 Å². The Labute approximate surface area is 89.7 Å². The summed E-state index contributed by atoms with van der Waals surface area (Å²) in [6.45, 7) is 4.53. The molecule has 0 saturated heterocycles. The van der Waals surface area contributed by atoms with Gasteiger partial charge in [-0.25, -0.2) is 0 Å². The number of carbonyl (C=O) groups is 1. The van der Waals surface area contributed by atoms with E-state index in [1.54, 1.807) is 0 Å². The molecule has 3 nitrogen and oxygen atoms in total. The van der Waals surface area contributed by atoms with Gasteiger partial charge in [0.05, 0.1) is 6.61 Å². The Bertz CT molecular complexity index is 345. The fourth-order valence-electron chi connectivity index (χ4n) is 1.22. The summed E-state index contributed by atoms with van der Waals surface area (Å²) in [5.74, 6) is 0.0298. The molecule has 0 unspecified atom stereocenters. The van der Waals surface area contributed by atoms with E-state index in [0.29, 0.717) is 13.0 Å². The molecule has 1 N–H and O–H groups in total. The molecule has 1 aromatic carbocycles. The van der Waals surface area contributed by atoms with Crippen LogP contribution in [-0.2, 0) is 4.79 Å². The molecule has 0 atom stereocenters. The van der Waals surface area contributed by atoms with Crippen molar-refractivity contribution in [3.05, 3.63) is 29.3 Å². The van der Waals surface area contributed by atoms with Crippen molar-refractivity contribution in [3.8, 4) is 5.75 Å². The molecule has 0 spiro atoms. The Morgan fingerprint density at radius 2 is 2.07 bits per heavy atom. The van der Waals surface area contributed by atoms with Crippen LogP contribution in [0.3, 0.4) is 0 Å². The molecule has 0 saturated carbocycles. The predicted molar refractivity (Wildman–Crippen MR) is 58.3 cm³/mol. The molecule has 0 radical (unpaired) electrons. The van der Waals surface area contributed by atoms with Crippen molar-refractivity contribution in [2.45, 2.75) is 26.7 Å². The van der Waals surface area contributed by atoms with Crippen LogP contribution in [0.15, 0.2) is 18.2 Å². The maximum Gasteiger partial charge on any atom is 0.303 e. The van der Waals surface area contributed by atoms with Crippen LogP contribution in [0.25, 0.3) is 0 Å². The first-order valence-electron chi connectivity index (χ1n) is 5.01. The number of carboxylic acids is 1. The predicted octanol–water partition coefficient (Wildman–Crippen LogP) is 2.55. The molecule has 0 bridgehead atoms. The van der Waals surface area contributed by atoms with E-state index in [1.807, 2.05) is 32.0 Å². The minimum atomic E-state index is -0.779. The molecule has 0 aliphatic heterocycles. The first kappa shape index (κ1) is 11.6. The molecular formula is C12H16O3. The average molecular weight is 208 g/mol. The van der Waals surface area contributed by atoms with Crippen molar-refractivity contribution in [1.29, 1.82) is 0 Å². The van der Waals surface area contributed by atoms with Gasteiger partial charge in [0, 0.05) is 6.42 Å². The van der Waals surface area contributed by atoms with Gasteiger partial charge in [-0.2, -0.15) is 0 Å². The van der Waals surface area contributed by atoms with E-state index in [1.165, 1.54) is 11.1 Å². The largest absolute Gasteiger partial charge is 0.494 e. The number of benzene rings is 1. The highest BCUT2D eigenvalue weighted by atomic mass is 16.5. The average Bonchev–Trinajstić information content (AvgIpc) is 2.18. The molecule has 0 heterocycles. The molecule has 0 aliphatic carbocycles. The molecule has 0 aromatic heterocycles. The second kappa shape index (κ2) is 5.39. The summed E-state index contributed by atoms with van der Waals surface area (Å²) in [4.78, 5) is 10.3. The van der Waals surface area contributed by atoms with Crippen LogP contribution in [0, 0.1) is 13.8 Å². The van der Waals surface area contributed by atoms with Gasteiger partial charge in [-0.1, -0.05) is 6.07 Å². The topological polar surface area (TPSA) is 46.5 Å². The lowest BCUT2D eigenvalue weighted by Crippen LogP contribution is -2.02. The SMILES string of the molecule is Cc1ccc(OCCCC(=O)O)cc1C. The van der Waals surface area contributed by atoms with E-state index < -0.39 is 5.97 Å². The van der Waals surface area contributed by atoms with Crippen LogP contribution in [0.5, 0.6) is 5.75 Å². The first-order valence-corrected chi connectivity index (χ1v) is 5.01. The summed E-state index contributed by atoms with van der Waals surface area (Å²) >= 11 is 0. The van der Waals surface area contributed by atoms with Gasteiger partial charge < -0.3 is 9.84 Å². The van der Waals surface area contributed by atoms with E-state index in [2.05, 4.69) is 0 Å².